The van der Waals surface area contributed by atoms with E-state index < -0.39 is 0 Å². The van der Waals surface area contributed by atoms with E-state index in [4.69, 9.17) is 9.47 Å². The average Bonchev–Trinajstić information content (AvgIpc) is 2.42. The van der Waals surface area contributed by atoms with Crippen molar-refractivity contribution >= 4 is 11.9 Å². The minimum Gasteiger partial charge on any atom is -0.465 e. The number of rotatable bonds is 6. The van der Waals surface area contributed by atoms with Crippen LogP contribution in [0, 0.1) is 11.8 Å². The monoisotopic (exact) mass is 256 g/mol. The van der Waals surface area contributed by atoms with E-state index in [2.05, 4.69) is 0 Å². The summed E-state index contributed by atoms with van der Waals surface area (Å²) in [7, 11) is 0. The smallest absolute Gasteiger partial charge is 0.308 e. The lowest BCUT2D eigenvalue weighted by Gasteiger charge is -2.26. The van der Waals surface area contributed by atoms with Crippen LogP contribution in [0.2, 0.25) is 0 Å². The van der Waals surface area contributed by atoms with Gasteiger partial charge in [-0.25, -0.2) is 0 Å². The first-order valence-electron chi connectivity index (χ1n) is 7.02. The van der Waals surface area contributed by atoms with Gasteiger partial charge in [-0.3, -0.25) is 9.59 Å². The normalized spacial score (nSPS) is 23.4. The van der Waals surface area contributed by atoms with Gasteiger partial charge in [0, 0.05) is 0 Å². The molecule has 0 amide bonds. The Morgan fingerprint density at radius 2 is 1.39 bits per heavy atom. The number of hydrogen-bond acceptors (Lipinski definition) is 4. The molecule has 4 nitrogen and oxygen atoms in total. The zero-order chi connectivity index (χ0) is 13.4. The van der Waals surface area contributed by atoms with Crippen LogP contribution in [0.15, 0.2) is 0 Å². The lowest BCUT2D eigenvalue weighted by atomic mass is 9.81. The van der Waals surface area contributed by atoms with Gasteiger partial charge in [-0.1, -0.05) is 20.3 Å². The molecule has 104 valence electrons. The Balaban J connectivity index is 2.40. The molecule has 4 heteroatoms. The van der Waals surface area contributed by atoms with Crippen LogP contribution in [0.4, 0.5) is 0 Å². The SMILES string of the molecule is CCCOC(=O)[C@@H]1CCC[C@H](C(=O)OCCC)C1. The molecule has 0 saturated heterocycles. The molecule has 0 bridgehead atoms. The van der Waals surface area contributed by atoms with Crippen LogP contribution in [0.25, 0.3) is 0 Å². The molecule has 1 aliphatic rings. The van der Waals surface area contributed by atoms with Gasteiger partial charge < -0.3 is 9.47 Å². The zero-order valence-corrected chi connectivity index (χ0v) is 11.4. The molecule has 0 aromatic rings. The second-order valence-electron chi connectivity index (χ2n) is 4.90. The molecular formula is C14H24O4. The first kappa shape index (κ1) is 15.0. The third kappa shape index (κ3) is 4.67. The second kappa shape index (κ2) is 8.11. The van der Waals surface area contributed by atoms with Gasteiger partial charge in [-0.15, -0.1) is 0 Å². The summed E-state index contributed by atoms with van der Waals surface area (Å²) in [5, 5.41) is 0. The van der Waals surface area contributed by atoms with E-state index in [0.717, 1.165) is 32.1 Å². The first-order chi connectivity index (χ1) is 8.69. The van der Waals surface area contributed by atoms with Crippen LogP contribution in [0.3, 0.4) is 0 Å². The Hall–Kier alpha value is -1.06. The fourth-order valence-electron chi connectivity index (χ4n) is 2.26. The summed E-state index contributed by atoms with van der Waals surface area (Å²) in [5.41, 5.74) is 0. The van der Waals surface area contributed by atoms with E-state index >= 15 is 0 Å². The molecule has 0 heterocycles. The van der Waals surface area contributed by atoms with Crippen molar-refractivity contribution in [3.63, 3.8) is 0 Å². The molecule has 2 atom stereocenters. The number of esters is 2. The molecule has 18 heavy (non-hydrogen) atoms. The molecule has 0 aromatic carbocycles. The summed E-state index contributed by atoms with van der Waals surface area (Å²) in [4.78, 5) is 23.5. The molecule has 1 fully saturated rings. The summed E-state index contributed by atoms with van der Waals surface area (Å²) in [5.74, 6) is -0.538. The minimum absolute atomic E-state index is 0.121. The van der Waals surface area contributed by atoms with Crippen LogP contribution in [0.5, 0.6) is 0 Å². The Morgan fingerprint density at radius 3 is 1.78 bits per heavy atom. The Bertz CT molecular complexity index is 249. The van der Waals surface area contributed by atoms with Gasteiger partial charge in [0.1, 0.15) is 0 Å². The summed E-state index contributed by atoms with van der Waals surface area (Å²) in [6.45, 7) is 4.89. The van der Waals surface area contributed by atoms with Crippen molar-refractivity contribution in [1.82, 2.24) is 0 Å². The largest absolute Gasteiger partial charge is 0.465 e. The quantitative estimate of drug-likeness (QED) is 0.686. The fourth-order valence-corrected chi connectivity index (χ4v) is 2.26. The molecule has 0 N–H and O–H groups in total. The van der Waals surface area contributed by atoms with Crippen LogP contribution in [0.1, 0.15) is 52.4 Å². The van der Waals surface area contributed by atoms with E-state index in [9.17, 15) is 9.59 Å². The number of ether oxygens (including phenoxy) is 2. The van der Waals surface area contributed by atoms with E-state index in [0.29, 0.717) is 19.6 Å². The Kier molecular flexibility index (Phi) is 6.76. The van der Waals surface area contributed by atoms with Crippen molar-refractivity contribution in [2.45, 2.75) is 52.4 Å². The molecule has 0 radical (unpaired) electrons. The summed E-state index contributed by atoms with van der Waals surface area (Å²) >= 11 is 0. The average molecular weight is 256 g/mol. The maximum atomic E-state index is 11.8. The molecule has 1 saturated carbocycles. The fraction of sp³-hybridized carbons (Fsp3) is 0.857. The first-order valence-corrected chi connectivity index (χ1v) is 7.02. The van der Waals surface area contributed by atoms with Crippen LogP contribution in [-0.2, 0) is 19.1 Å². The molecule has 0 spiro atoms. The maximum absolute atomic E-state index is 11.8. The van der Waals surface area contributed by atoms with Gasteiger partial charge in [0.2, 0.25) is 0 Å². The highest BCUT2D eigenvalue weighted by atomic mass is 16.5. The standard InChI is InChI=1S/C14H24O4/c1-3-8-17-13(15)11-6-5-7-12(10-11)14(16)18-9-4-2/h11-12H,3-10H2,1-2H3/t11-,12+. The molecular weight excluding hydrogens is 232 g/mol. The number of carbonyl (C=O) groups is 2. The summed E-state index contributed by atoms with van der Waals surface area (Å²) in [6, 6.07) is 0. The highest BCUT2D eigenvalue weighted by molar-refractivity contribution is 5.76. The van der Waals surface area contributed by atoms with Gasteiger partial charge >= 0.3 is 11.9 Å². The van der Waals surface area contributed by atoms with Crippen molar-refractivity contribution in [2.75, 3.05) is 13.2 Å². The molecule has 1 aliphatic carbocycles. The van der Waals surface area contributed by atoms with E-state index in [-0.39, 0.29) is 23.8 Å². The predicted molar refractivity (Wildman–Crippen MR) is 67.9 cm³/mol. The van der Waals surface area contributed by atoms with E-state index in [1.165, 1.54) is 0 Å². The lowest BCUT2D eigenvalue weighted by molar-refractivity contribution is -0.155. The molecule has 0 aliphatic heterocycles. The third-order valence-corrected chi connectivity index (χ3v) is 3.24. The van der Waals surface area contributed by atoms with Crippen LogP contribution in [-0.4, -0.2) is 25.2 Å². The highest BCUT2D eigenvalue weighted by Gasteiger charge is 2.32. The predicted octanol–water partition coefficient (Wildman–Crippen LogP) is 2.70. The lowest BCUT2D eigenvalue weighted by Crippen LogP contribution is -2.30. The zero-order valence-electron chi connectivity index (χ0n) is 11.4. The van der Waals surface area contributed by atoms with Gasteiger partial charge in [-0.05, 0) is 32.1 Å². The number of carbonyl (C=O) groups excluding carboxylic acids is 2. The van der Waals surface area contributed by atoms with E-state index in [1.54, 1.807) is 0 Å². The topological polar surface area (TPSA) is 52.6 Å². The maximum Gasteiger partial charge on any atom is 0.308 e. The van der Waals surface area contributed by atoms with Crippen molar-refractivity contribution in [1.29, 1.82) is 0 Å². The van der Waals surface area contributed by atoms with Crippen LogP contribution < -0.4 is 0 Å². The van der Waals surface area contributed by atoms with Gasteiger partial charge in [0.25, 0.3) is 0 Å². The van der Waals surface area contributed by atoms with Gasteiger partial charge in [0.15, 0.2) is 0 Å². The Labute approximate surface area is 109 Å². The third-order valence-electron chi connectivity index (χ3n) is 3.24. The minimum atomic E-state index is -0.148. The van der Waals surface area contributed by atoms with Crippen molar-refractivity contribution < 1.29 is 19.1 Å². The number of hydrogen-bond donors (Lipinski definition) is 0. The molecule has 0 unspecified atom stereocenters. The molecule has 0 aromatic heterocycles. The highest BCUT2D eigenvalue weighted by Crippen LogP contribution is 2.30. The van der Waals surface area contributed by atoms with Crippen molar-refractivity contribution in [2.24, 2.45) is 11.8 Å². The molecule has 1 rings (SSSR count). The van der Waals surface area contributed by atoms with Gasteiger partial charge in [-0.2, -0.15) is 0 Å². The van der Waals surface area contributed by atoms with Gasteiger partial charge in [0.05, 0.1) is 25.0 Å². The summed E-state index contributed by atoms with van der Waals surface area (Å²) in [6.07, 6.45) is 4.82. The van der Waals surface area contributed by atoms with E-state index in [1.807, 2.05) is 13.8 Å². The second-order valence-corrected chi connectivity index (χ2v) is 4.90. The van der Waals surface area contributed by atoms with Crippen LogP contribution >= 0.6 is 0 Å². The Morgan fingerprint density at radius 1 is 0.944 bits per heavy atom. The summed E-state index contributed by atoms with van der Waals surface area (Å²) < 4.78 is 10.3. The van der Waals surface area contributed by atoms with Crippen molar-refractivity contribution in [3.05, 3.63) is 0 Å². The van der Waals surface area contributed by atoms with Crippen molar-refractivity contribution in [3.8, 4) is 0 Å².